The highest BCUT2D eigenvalue weighted by Crippen LogP contribution is 2.39. The van der Waals surface area contributed by atoms with Gasteiger partial charge in [-0.2, -0.15) is 5.10 Å². The molecule has 2 unspecified atom stereocenters. The summed E-state index contributed by atoms with van der Waals surface area (Å²) in [5.41, 5.74) is 3.42. The number of aromatic nitrogens is 3. The summed E-state index contributed by atoms with van der Waals surface area (Å²) in [6.45, 7) is 3.41. The van der Waals surface area contributed by atoms with Gasteiger partial charge in [-0.3, -0.25) is 9.78 Å². The van der Waals surface area contributed by atoms with Crippen molar-refractivity contribution in [3.63, 3.8) is 0 Å². The average molecular weight is 416 g/mol. The number of hydrogen-bond donors (Lipinski definition) is 1. The van der Waals surface area contributed by atoms with E-state index in [9.17, 15) is 18.0 Å². The van der Waals surface area contributed by atoms with E-state index in [-0.39, 0.29) is 17.8 Å². The summed E-state index contributed by atoms with van der Waals surface area (Å²) in [7, 11) is 0. The summed E-state index contributed by atoms with van der Waals surface area (Å²) < 4.78 is 39.9. The lowest BCUT2D eigenvalue weighted by molar-refractivity contribution is -0.121. The molecule has 2 aromatic heterocycles. The van der Waals surface area contributed by atoms with E-state index >= 15 is 0 Å². The zero-order chi connectivity index (χ0) is 21.4. The van der Waals surface area contributed by atoms with Crippen LogP contribution in [0.3, 0.4) is 0 Å². The topological polar surface area (TPSA) is 59.8 Å². The molecule has 8 heteroatoms. The Labute approximate surface area is 172 Å². The van der Waals surface area contributed by atoms with Crippen LogP contribution in [0.15, 0.2) is 36.5 Å². The first-order chi connectivity index (χ1) is 14.3. The van der Waals surface area contributed by atoms with Gasteiger partial charge in [-0.25, -0.2) is 17.9 Å². The van der Waals surface area contributed by atoms with E-state index in [1.807, 2.05) is 12.1 Å². The van der Waals surface area contributed by atoms with Crippen LogP contribution in [0.1, 0.15) is 60.5 Å². The highest BCUT2D eigenvalue weighted by atomic mass is 19.3. The smallest absolute Gasteiger partial charge is 0.289 e. The SMILES string of the molecule is Cc1nn(C(F)C(F)F)c2cnc(C(C)NC(=O)Cc3ccc(C4CC4)cc3)cc12. The van der Waals surface area contributed by atoms with Gasteiger partial charge in [0, 0.05) is 5.39 Å². The van der Waals surface area contributed by atoms with Crippen LogP contribution < -0.4 is 5.32 Å². The second kappa shape index (κ2) is 8.08. The molecule has 2 heterocycles. The Kier molecular flexibility index (Phi) is 5.49. The van der Waals surface area contributed by atoms with Crippen LogP contribution in [0.4, 0.5) is 13.2 Å². The van der Waals surface area contributed by atoms with Crippen molar-refractivity contribution in [1.82, 2.24) is 20.1 Å². The van der Waals surface area contributed by atoms with Crippen molar-refractivity contribution in [3.05, 3.63) is 59.0 Å². The number of alkyl halides is 3. The van der Waals surface area contributed by atoms with E-state index in [0.717, 1.165) is 5.56 Å². The first-order valence-electron chi connectivity index (χ1n) is 9.98. The predicted molar refractivity (Wildman–Crippen MR) is 107 cm³/mol. The third-order valence-corrected chi connectivity index (χ3v) is 5.45. The van der Waals surface area contributed by atoms with Crippen LogP contribution in [0, 0.1) is 6.92 Å². The molecular formula is C22H23F3N4O. The van der Waals surface area contributed by atoms with Gasteiger partial charge in [0.1, 0.15) is 0 Å². The summed E-state index contributed by atoms with van der Waals surface area (Å²) in [6, 6.07) is 9.38. The second-order valence-corrected chi connectivity index (χ2v) is 7.85. The molecule has 0 radical (unpaired) electrons. The standard InChI is InChI=1S/C22H23F3N4O/c1-12-17-10-18(26-11-19(17)29(28-12)22(25)21(23)24)13(2)27-20(30)9-14-3-5-15(6-4-14)16-7-8-16/h3-6,10-11,13,16,21-22H,7-9H2,1-2H3,(H,27,30). The molecule has 0 bridgehead atoms. The van der Waals surface area contributed by atoms with Gasteiger partial charge in [0.15, 0.2) is 0 Å². The summed E-state index contributed by atoms with van der Waals surface area (Å²) >= 11 is 0. The number of carbonyl (C=O) groups excluding carboxylic acids is 1. The number of benzene rings is 1. The fourth-order valence-corrected chi connectivity index (χ4v) is 3.61. The maximum atomic E-state index is 13.8. The Morgan fingerprint density at radius 1 is 1.23 bits per heavy atom. The second-order valence-electron chi connectivity index (χ2n) is 7.85. The normalized spacial score (nSPS) is 16.1. The minimum absolute atomic E-state index is 0.141. The van der Waals surface area contributed by atoms with Crippen LogP contribution in [-0.4, -0.2) is 27.1 Å². The van der Waals surface area contributed by atoms with E-state index in [1.54, 1.807) is 19.9 Å². The molecule has 1 fully saturated rings. The van der Waals surface area contributed by atoms with Crippen molar-refractivity contribution < 1.29 is 18.0 Å². The fraction of sp³-hybridized carbons (Fsp3) is 0.409. The molecule has 2 atom stereocenters. The molecule has 158 valence electrons. The Balaban J connectivity index is 1.45. The third-order valence-electron chi connectivity index (χ3n) is 5.45. The van der Waals surface area contributed by atoms with Crippen molar-refractivity contribution >= 4 is 16.8 Å². The van der Waals surface area contributed by atoms with Gasteiger partial charge in [0.2, 0.25) is 5.91 Å². The maximum absolute atomic E-state index is 13.8. The van der Waals surface area contributed by atoms with Crippen LogP contribution in [0.2, 0.25) is 0 Å². The van der Waals surface area contributed by atoms with Crippen LogP contribution >= 0.6 is 0 Å². The van der Waals surface area contributed by atoms with Gasteiger partial charge >= 0.3 is 0 Å². The molecule has 1 aliphatic carbocycles. The first kappa shape index (κ1) is 20.4. The van der Waals surface area contributed by atoms with Crippen LogP contribution in [0.5, 0.6) is 0 Å². The number of aryl methyl sites for hydroxylation is 1. The molecule has 0 spiro atoms. The molecule has 0 aliphatic heterocycles. The van der Waals surface area contributed by atoms with Gasteiger partial charge in [-0.1, -0.05) is 24.3 Å². The largest absolute Gasteiger partial charge is 0.348 e. The number of carbonyl (C=O) groups is 1. The predicted octanol–water partition coefficient (Wildman–Crippen LogP) is 4.77. The van der Waals surface area contributed by atoms with Crippen molar-refractivity contribution in [3.8, 4) is 0 Å². The maximum Gasteiger partial charge on any atom is 0.289 e. The Hall–Kier alpha value is -2.90. The van der Waals surface area contributed by atoms with Crippen LogP contribution in [-0.2, 0) is 11.2 Å². The van der Waals surface area contributed by atoms with Gasteiger partial charge in [-0.15, -0.1) is 0 Å². The first-order valence-corrected chi connectivity index (χ1v) is 9.98. The number of halogens is 3. The molecule has 30 heavy (non-hydrogen) atoms. The monoisotopic (exact) mass is 416 g/mol. The minimum Gasteiger partial charge on any atom is -0.348 e. The molecule has 4 rings (SSSR count). The molecule has 3 aromatic rings. The zero-order valence-corrected chi connectivity index (χ0v) is 16.8. The van der Waals surface area contributed by atoms with E-state index in [1.165, 1.54) is 24.6 Å². The average Bonchev–Trinajstić information content (AvgIpc) is 3.51. The molecule has 0 saturated heterocycles. The number of nitrogens with one attached hydrogen (secondary N) is 1. The third kappa shape index (κ3) is 4.17. The number of amides is 1. The molecule has 1 saturated carbocycles. The van der Waals surface area contributed by atoms with E-state index in [2.05, 4.69) is 27.5 Å². The van der Waals surface area contributed by atoms with Gasteiger partial charge in [0.05, 0.1) is 35.6 Å². The summed E-state index contributed by atoms with van der Waals surface area (Å²) in [5.74, 6) is 0.535. The summed E-state index contributed by atoms with van der Waals surface area (Å²) in [5, 5.41) is 7.32. The summed E-state index contributed by atoms with van der Waals surface area (Å²) in [6.07, 6.45) is -1.66. The van der Waals surface area contributed by atoms with Crippen LogP contribution in [0.25, 0.3) is 10.9 Å². The van der Waals surface area contributed by atoms with E-state index in [4.69, 9.17) is 0 Å². The number of nitrogens with zero attached hydrogens (tertiary/aromatic N) is 3. The number of pyridine rings is 1. The molecule has 1 aliphatic rings. The van der Waals surface area contributed by atoms with Crippen molar-refractivity contribution in [2.75, 3.05) is 0 Å². The summed E-state index contributed by atoms with van der Waals surface area (Å²) in [4.78, 5) is 16.7. The molecule has 5 nitrogen and oxygen atoms in total. The minimum atomic E-state index is -3.18. The van der Waals surface area contributed by atoms with Gasteiger partial charge < -0.3 is 5.32 Å². The van der Waals surface area contributed by atoms with Gasteiger partial charge in [-0.05, 0) is 49.8 Å². The molecular weight excluding hydrogens is 393 g/mol. The van der Waals surface area contributed by atoms with Crippen molar-refractivity contribution in [1.29, 1.82) is 0 Å². The lowest BCUT2D eigenvalue weighted by Gasteiger charge is -2.14. The fourth-order valence-electron chi connectivity index (χ4n) is 3.61. The Bertz CT molecular complexity index is 1060. The molecule has 1 amide bonds. The highest BCUT2D eigenvalue weighted by Gasteiger charge is 2.26. The quantitative estimate of drug-likeness (QED) is 0.604. The zero-order valence-electron chi connectivity index (χ0n) is 16.8. The number of hydrogen-bond acceptors (Lipinski definition) is 3. The Morgan fingerprint density at radius 2 is 1.93 bits per heavy atom. The lowest BCUT2D eigenvalue weighted by Crippen LogP contribution is -2.28. The van der Waals surface area contributed by atoms with Crippen molar-refractivity contribution in [2.24, 2.45) is 0 Å². The number of fused-ring (bicyclic) bond motifs is 1. The van der Waals surface area contributed by atoms with E-state index in [0.29, 0.717) is 27.4 Å². The Morgan fingerprint density at radius 3 is 2.57 bits per heavy atom. The molecule has 1 N–H and O–H groups in total. The molecule has 1 aromatic carbocycles. The van der Waals surface area contributed by atoms with E-state index < -0.39 is 18.8 Å². The lowest BCUT2D eigenvalue weighted by atomic mass is 10.1. The number of rotatable bonds is 7. The van der Waals surface area contributed by atoms with Crippen molar-refractivity contribution in [2.45, 2.75) is 57.8 Å². The highest BCUT2D eigenvalue weighted by molar-refractivity contribution is 5.82. The van der Waals surface area contributed by atoms with Gasteiger partial charge in [0.25, 0.3) is 12.7 Å².